The maximum Gasteiger partial charge on any atom is 0.308 e. The van der Waals surface area contributed by atoms with Crippen LogP contribution in [0.5, 0.6) is 11.5 Å². The molecule has 0 aromatic heterocycles. The van der Waals surface area contributed by atoms with Crippen LogP contribution in [0.4, 0.5) is 0 Å². The Balaban J connectivity index is 2.24. The highest BCUT2D eigenvalue weighted by atomic mass is 32.2. The van der Waals surface area contributed by atoms with Gasteiger partial charge in [0, 0.05) is 18.2 Å². The lowest BCUT2D eigenvalue weighted by molar-refractivity contribution is 0.0690. The number of nitrogens with zero attached hydrogens (tertiary/aromatic N) is 1. The highest BCUT2D eigenvalue weighted by molar-refractivity contribution is 7.87. The van der Waals surface area contributed by atoms with Crippen LogP contribution in [0.15, 0.2) is 48.5 Å². The summed E-state index contributed by atoms with van der Waals surface area (Å²) in [5, 5.41) is 0. The standard InChI is InChI=1S/C20H25NO5S/c1-5-27(23,24)26-19-11-6-8-16(12-19)14-21(15(2)3)20(22)17-9-7-10-18(13-17)25-4/h6-13,15H,5,14H2,1-4H3. The highest BCUT2D eigenvalue weighted by Gasteiger charge is 2.20. The molecule has 1 amide bonds. The smallest absolute Gasteiger partial charge is 0.308 e. The molecule has 6 nitrogen and oxygen atoms in total. The maximum absolute atomic E-state index is 13.0. The molecule has 0 bridgehead atoms. The minimum atomic E-state index is -3.60. The average molecular weight is 391 g/mol. The van der Waals surface area contributed by atoms with E-state index in [2.05, 4.69) is 0 Å². The Morgan fingerprint density at radius 2 is 1.74 bits per heavy atom. The van der Waals surface area contributed by atoms with Crippen molar-refractivity contribution in [3.63, 3.8) is 0 Å². The Bertz CT molecular complexity index is 893. The van der Waals surface area contributed by atoms with Crippen LogP contribution in [0.3, 0.4) is 0 Å². The van der Waals surface area contributed by atoms with Gasteiger partial charge in [0.2, 0.25) is 0 Å². The third kappa shape index (κ3) is 5.72. The van der Waals surface area contributed by atoms with Crippen molar-refractivity contribution in [2.45, 2.75) is 33.4 Å². The highest BCUT2D eigenvalue weighted by Crippen LogP contribution is 2.21. The molecule has 2 rings (SSSR count). The molecule has 0 N–H and O–H groups in total. The predicted molar refractivity (Wildman–Crippen MR) is 105 cm³/mol. The quantitative estimate of drug-likeness (QED) is 0.644. The zero-order valence-electron chi connectivity index (χ0n) is 16.0. The molecule has 0 saturated carbocycles. The van der Waals surface area contributed by atoms with Gasteiger partial charge in [-0.05, 0) is 56.7 Å². The van der Waals surface area contributed by atoms with Gasteiger partial charge in [-0.25, -0.2) is 0 Å². The van der Waals surface area contributed by atoms with Gasteiger partial charge in [0.1, 0.15) is 11.5 Å². The minimum absolute atomic E-state index is 0.0485. The van der Waals surface area contributed by atoms with Crippen LogP contribution < -0.4 is 8.92 Å². The van der Waals surface area contributed by atoms with E-state index in [4.69, 9.17) is 8.92 Å². The second kappa shape index (κ2) is 8.90. The first-order valence-electron chi connectivity index (χ1n) is 8.72. The number of rotatable bonds is 8. The summed E-state index contributed by atoms with van der Waals surface area (Å²) in [6.07, 6.45) is 0. The van der Waals surface area contributed by atoms with E-state index in [0.29, 0.717) is 17.9 Å². The molecule has 0 atom stereocenters. The zero-order chi connectivity index (χ0) is 20.0. The Kier molecular flexibility index (Phi) is 6.85. The van der Waals surface area contributed by atoms with Gasteiger partial charge < -0.3 is 13.8 Å². The Morgan fingerprint density at radius 1 is 1.07 bits per heavy atom. The molecule has 0 aliphatic carbocycles. The molecule has 0 radical (unpaired) electrons. The number of benzene rings is 2. The number of hydrogen-bond donors (Lipinski definition) is 0. The van der Waals surface area contributed by atoms with Crippen LogP contribution in [-0.4, -0.2) is 38.1 Å². The number of carbonyl (C=O) groups is 1. The molecule has 0 unspecified atom stereocenters. The van der Waals surface area contributed by atoms with E-state index in [1.165, 1.54) is 6.92 Å². The summed E-state index contributed by atoms with van der Waals surface area (Å²) in [5.41, 5.74) is 1.31. The van der Waals surface area contributed by atoms with Crippen LogP contribution in [0, 0.1) is 0 Å². The Labute approximate surface area is 160 Å². The number of amides is 1. The van der Waals surface area contributed by atoms with Crippen molar-refractivity contribution in [2.24, 2.45) is 0 Å². The van der Waals surface area contributed by atoms with Crippen molar-refractivity contribution in [1.82, 2.24) is 4.90 Å². The fraction of sp³-hybridized carbons (Fsp3) is 0.350. The molecule has 0 heterocycles. The van der Waals surface area contributed by atoms with Gasteiger partial charge in [0.25, 0.3) is 5.91 Å². The van der Waals surface area contributed by atoms with E-state index in [1.807, 2.05) is 19.9 Å². The number of ether oxygens (including phenoxy) is 1. The van der Waals surface area contributed by atoms with Gasteiger partial charge in [0.05, 0.1) is 12.9 Å². The third-order valence-electron chi connectivity index (χ3n) is 4.03. The molecular weight excluding hydrogens is 366 g/mol. The summed E-state index contributed by atoms with van der Waals surface area (Å²) in [7, 11) is -2.04. The van der Waals surface area contributed by atoms with Crippen molar-refractivity contribution in [1.29, 1.82) is 0 Å². The summed E-state index contributed by atoms with van der Waals surface area (Å²) in [4.78, 5) is 14.7. The van der Waals surface area contributed by atoms with E-state index >= 15 is 0 Å². The van der Waals surface area contributed by atoms with Gasteiger partial charge in [0.15, 0.2) is 0 Å². The van der Waals surface area contributed by atoms with Gasteiger partial charge in [-0.3, -0.25) is 4.79 Å². The summed E-state index contributed by atoms with van der Waals surface area (Å²) < 4.78 is 33.6. The van der Waals surface area contributed by atoms with Crippen molar-refractivity contribution in [3.05, 3.63) is 59.7 Å². The van der Waals surface area contributed by atoms with Crippen LogP contribution in [0.1, 0.15) is 36.7 Å². The summed E-state index contributed by atoms with van der Waals surface area (Å²) in [6.45, 7) is 5.71. The first-order chi connectivity index (χ1) is 12.8. The van der Waals surface area contributed by atoms with Crippen molar-refractivity contribution in [3.8, 4) is 11.5 Å². The summed E-state index contributed by atoms with van der Waals surface area (Å²) in [5.74, 6) is 0.622. The normalized spacial score (nSPS) is 11.3. The van der Waals surface area contributed by atoms with Crippen LogP contribution in [0.25, 0.3) is 0 Å². The molecule has 7 heteroatoms. The molecule has 2 aromatic carbocycles. The second-order valence-corrected chi connectivity index (χ2v) is 8.20. The molecule has 0 spiro atoms. The predicted octanol–water partition coefficient (Wildman–Crippen LogP) is 3.47. The fourth-order valence-electron chi connectivity index (χ4n) is 2.51. The average Bonchev–Trinajstić information content (AvgIpc) is 2.65. The monoisotopic (exact) mass is 391 g/mol. The largest absolute Gasteiger partial charge is 0.497 e. The molecule has 146 valence electrons. The molecule has 0 saturated heterocycles. The van der Waals surface area contributed by atoms with Crippen molar-refractivity contribution in [2.75, 3.05) is 12.9 Å². The summed E-state index contributed by atoms with van der Waals surface area (Å²) in [6, 6.07) is 13.7. The van der Waals surface area contributed by atoms with E-state index < -0.39 is 10.1 Å². The van der Waals surface area contributed by atoms with Crippen LogP contribution >= 0.6 is 0 Å². The molecule has 2 aromatic rings. The second-order valence-electron chi connectivity index (χ2n) is 6.34. The van der Waals surface area contributed by atoms with Crippen molar-refractivity contribution < 1.29 is 22.1 Å². The lowest BCUT2D eigenvalue weighted by Gasteiger charge is -2.27. The van der Waals surface area contributed by atoms with E-state index in [-0.39, 0.29) is 23.5 Å². The molecule has 0 fully saturated rings. The van der Waals surface area contributed by atoms with Crippen molar-refractivity contribution >= 4 is 16.0 Å². The molecule has 27 heavy (non-hydrogen) atoms. The van der Waals surface area contributed by atoms with Crippen LogP contribution in [0.2, 0.25) is 0 Å². The third-order valence-corrected chi connectivity index (χ3v) is 5.18. The zero-order valence-corrected chi connectivity index (χ0v) is 16.8. The van der Waals surface area contributed by atoms with Gasteiger partial charge in [-0.15, -0.1) is 0 Å². The van der Waals surface area contributed by atoms with E-state index in [0.717, 1.165) is 5.56 Å². The number of methoxy groups -OCH3 is 1. The topological polar surface area (TPSA) is 72.9 Å². The number of carbonyl (C=O) groups excluding carboxylic acids is 1. The molecular formula is C20H25NO5S. The van der Waals surface area contributed by atoms with E-state index in [1.54, 1.807) is 54.5 Å². The van der Waals surface area contributed by atoms with E-state index in [9.17, 15) is 13.2 Å². The first-order valence-corrected chi connectivity index (χ1v) is 10.3. The van der Waals surface area contributed by atoms with Crippen LogP contribution in [-0.2, 0) is 16.7 Å². The van der Waals surface area contributed by atoms with Gasteiger partial charge in [-0.2, -0.15) is 8.42 Å². The minimum Gasteiger partial charge on any atom is -0.497 e. The van der Waals surface area contributed by atoms with Gasteiger partial charge >= 0.3 is 10.1 Å². The van der Waals surface area contributed by atoms with Gasteiger partial charge in [-0.1, -0.05) is 18.2 Å². The summed E-state index contributed by atoms with van der Waals surface area (Å²) >= 11 is 0. The lowest BCUT2D eigenvalue weighted by Crippen LogP contribution is -2.36. The maximum atomic E-state index is 13.0. The Hall–Kier alpha value is -2.54. The number of hydrogen-bond acceptors (Lipinski definition) is 5. The fourth-order valence-corrected chi connectivity index (χ4v) is 3.02. The molecule has 0 aliphatic heterocycles. The lowest BCUT2D eigenvalue weighted by atomic mass is 10.1. The first kappa shape index (κ1) is 20.8. The Morgan fingerprint density at radius 3 is 2.37 bits per heavy atom. The SMILES string of the molecule is CCS(=O)(=O)Oc1cccc(CN(C(=O)c2cccc(OC)c2)C(C)C)c1. The molecule has 0 aliphatic rings.